The zero-order valence-corrected chi connectivity index (χ0v) is 13.4. The van der Waals surface area contributed by atoms with E-state index in [1.165, 1.54) is 31.1 Å². The summed E-state index contributed by atoms with van der Waals surface area (Å²) in [5.41, 5.74) is -0.170. The van der Waals surface area contributed by atoms with Gasteiger partial charge in [-0.1, -0.05) is 0 Å². The summed E-state index contributed by atoms with van der Waals surface area (Å²) >= 11 is 0. The topological polar surface area (TPSA) is 146 Å². The van der Waals surface area contributed by atoms with Gasteiger partial charge in [-0.3, -0.25) is 19.0 Å². The largest absolute Gasteiger partial charge is 0.456 e. The first-order valence-electron chi connectivity index (χ1n) is 7.43. The van der Waals surface area contributed by atoms with Crippen LogP contribution in [0.3, 0.4) is 0 Å². The molecular weight excluding hydrogens is 336 g/mol. The highest BCUT2D eigenvalue weighted by Crippen LogP contribution is 2.35. The summed E-state index contributed by atoms with van der Waals surface area (Å²) in [5.74, 6) is -1.24. The molecule has 2 aromatic heterocycles. The molecule has 0 spiro atoms. The maximum Gasteiger partial charge on any atom is 0.303 e. The fourth-order valence-electron chi connectivity index (χ4n) is 2.78. The number of rotatable bonds is 4. The van der Waals surface area contributed by atoms with Crippen LogP contribution in [0.2, 0.25) is 0 Å². The van der Waals surface area contributed by atoms with Gasteiger partial charge in [-0.15, -0.1) is 0 Å². The number of ether oxygens (including phenoxy) is 3. The van der Waals surface area contributed by atoms with Crippen LogP contribution in [0.5, 0.6) is 0 Å². The highest BCUT2D eigenvalue weighted by molar-refractivity contribution is 5.69. The molecule has 11 heteroatoms. The fourth-order valence-corrected chi connectivity index (χ4v) is 2.78. The second-order valence-electron chi connectivity index (χ2n) is 5.45. The Morgan fingerprint density at radius 1 is 1.28 bits per heavy atom. The van der Waals surface area contributed by atoms with Crippen molar-refractivity contribution in [2.75, 3.05) is 6.61 Å². The summed E-state index contributed by atoms with van der Waals surface area (Å²) in [6.45, 7) is 1.93. The molecule has 11 nitrogen and oxygen atoms in total. The van der Waals surface area contributed by atoms with E-state index in [1.54, 1.807) is 0 Å². The van der Waals surface area contributed by atoms with E-state index < -0.39 is 48.6 Å². The summed E-state index contributed by atoms with van der Waals surface area (Å²) in [6.07, 6.45) is -1.46. The van der Waals surface area contributed by atoms with Gasteiger partial charge in [0.05, 0.1) is 19.3 Å². The fraction of sp³-hybridized carbons (Fsp3) is 0.500. The minimum absolute atomic E-state index is 0.0733. The van der Waals surface area contributed by atoms with E-state index in [-0.39, 0.29) is 11.2 Å². The van der Waals surface area contributed by atoms with Gasteiger partial charge < -0.3 is 24.3 Å². The van der Waals surface area contributed by atoms with Crippen molar-refractivity contribution in [2.24, 2.45) is 0 Å². The first-order chi connectivity index (χ1) is 11.9. The Morgan fingerprint density at radius 3 is 2.60 bits per heavy atom. The predicted molar refractivity (Wildman–Crippen MR) is 80.3 cm³/mol. The minimum atomic E-state index is -1.04. The number of nitrogens with zero attached hydrogens (tertiary/aromatic N) is 3. The molecular formula is C14H16N4O7. The van der Waals surface area contributed by atoms with Crippen LogP contribution in [0.1, 0.15) is 20.1 Å². The Hall–Kier alpha value is -2.79. The first-order valence-corrected chi connectivity index (χ1v) is 7.43. The number of hydrogen-bond donors (Lipinski definition) is 2. The van der Waals surface area contributed by atoms with Crippen LogP contribution in [-0.4, -0.2) is 61.5 Å². The zero-order chi connectivity index (χ0) is 18.1. The van der Waals surface area contributed by atoms with Gasteiger partial charge in [0.15, 0.2) is 29.6 Å². The normalized spacial score (nSPS) is 25.9. The van der Waals surface area contributed by atoms with Gasteiger partial charge in [0.2, 0.25) is 0 Å². The van der Waals surface area contributed by atoms with E-state index in [2.05, 4.69) is 15.0 Å². The average molecular weight is 352 g/mol. The number of hydrogen-bond acceptors (Lipinski definition) is 9. The summed E-state index contributed by atoms with van der Waals surface area (Å²) in [5, 5.41) is 9.52. The van der Waals surface area contributed by atoms with Crippen LogP contribution in [0.25, 0.3) is 11.2 Å². The van der Waals surface area contributed by atoms with Gasteiger partial charge in [-0.2, -0.15) is 0 Å². The molecule has 0 radical (unpaired) electrons. The summed E-state index contributed by atoms with van der Waals surface area (Å²) in [4.78, 5) is 45.1. The Labute approximate surface area is 140 Å². The second kappa shape index (κ2) is 6.61. The Bertz CT molecular complexity index is 860. The predicted octanol–water partition coefficient (Wildman–Crippen LogP) is -1.13. The van der Waals surface area contributed by atoms with Crippen molar-refractivity contribution in [1.29, 1.82) is 0 Å². The van der Waals surface area contributed by atoms with Crippen molar-refractivity contribution in [3.8, 4) is 0 Å². The molecule has 2 N–H and O–H groups in total. The van der Waals surface area contributed by atoms with Gasteiger partial charge in [0, 0.05) is 13.8 Å². The SMILES string of the molecule is CC(=O)O[C@@H]1[C@@H](CO)OC(n2cnc3c(=O)[nH]cnc32)[C@@H]1OC(C)=O. The lowest BCUT2D eigenvalue weighted by atomic mass is 10.1. The molecule has 1 aliphatic rings. The van der Waals surface area contributed by atoms with Crippen molar-refractivity contribution >= 4 is 23.1 Å². The molecule has 1 unspecified atom stereocenters. The maximum absolute atomic E-state index is 11.8. The minimum Gasteiger partial charge on any atom is -0.456 e. The number of aliphatic hydroxyl groups is 1. The summed E-state index contributed by atoms with van der Waals surface area (Å²) in [6, 6.07) is 0. The van der Waals surface area contributed by atoms with E-state index in [0.29, 0.717) is 0 Å². The number of nitrogens with one attached hydrogen (secondary N) is 1. The monoisotopic (exact) mass is 352 g/mol. The van der Waals surface area contributed by atoms with Crippen LogP contribution >= 0.6 is 0 Å². The highest BCUT2D eigenvalue weighted by atomic mass is 16.6. The molecule has 2 aromatic rings. The third-order valence-electron chi connectivity index (χ3n) is 3.71. The van der Waals surface area contributed by atoms with Crippen LogP contribution in [0.4, 0.5) is 0 Å². The van der Waals surface area contributed by atoms with E-state index in [9.17, 15) is 19.5 Å². The van der Waals surface area contributed by atoms with Gasteiger partial charge in [-0.05, 0) is 0 Å². The molecule has 3 heterocycles. The highest BCUT2D eigenvalue weighted by Gasteiger charge is 2.50. The van der Waals surface area contributed by atoms with Crippen LogP contribution in [0, 0.1) is 0 Å². The molecule has 0 saturated carbocycles. The third kappa shape index (κ3) is 3.10. The summed E-state index contributed by atoms with van der Waals surface area (Å²) in [7, 11) is 0. The lowest BCUT2D eigenvalue weighted by Crippen LogP contribution is -2.40. The molecule has 4 atom stereocenters. The lowest BCUT2D eigenvalue weighted by Gasteiger charge is -2.23. The molecule has 134 valence electrons. The number of carbonyl (C=O) groups excluding carboxylic acids is 2. The number of fused-ring (bicyclic) bond motifs is 1. The number of esters is 2. The van der Waals surface area contributed by atoms with Crippen molar-refractivity contribution < 1.29 is 28.9 Å². The van der Waals surface area contributed by atoms with Crippen LogP contribution in [0.15, 0.2) is 17.4 Å². The molecule has 0 aliphatic carbocycles. The first kappa shape index (κ1) is 17.0. The molecule has 25 heavy (non-hydrogen) atoms. The maximum atomic E-state index is 11.8. The number of imidazole rings is 1. The van der Waals surface area contributed by atoms with E-state index >= 15 is 0 Å². The quantitative estimate of drug-likeness (QED) is 0.653. The Kier molecular flexibility index (Phi) is 4.51. The standard InChI is InChI=1S/C14H16N4O7/c1-6(20)23-10-8(3-19)25-14(11(10)24-7(2)21)18-5-17-9-12(18)15-4-16-13(9)22/h4-5,8,10-11,14,19H,3H2,1-2H3,(H,15,16,22)/t8-,10-,11-,14?/m1/s1. The lowest BCUT2D eigenvalue weighted by molar-refractivity contribution is -0.165. The smallest absolute Gasteiger partial charge is 0.303 e. The average Bonchev–Trinajstić information content (AvgIpc) is 3.10. The number of aliphatic hydroxyl groups excluding tert-OH is 1. The van der Waals surface area contributed by atoms with Gasteiger partial charge in [-0.25, -0.2) is 9.97 Å². The van der Waals surface area contributed by atoms with Crippen molar-refractivity contribution in [3.63, 3.8) is 0 Å². The van der Waals surface area contributed by atoms with E-state index in [4.69, 9.17) is 14.2 Å². The molecule has 1 fully saturated rings. The number of carbonyl (C=O) groups is 2. The van der Waals surface area contributed by atoms with Crippen LogP contribution in [-0.2, 0) is 23.8 Å². The van der Waals surface area contributed by atoms with Gasteiger partial charge >= 0.3 is 11.9 Å². The molecule has 0 amide bonds. The molecule has 1 aliphatic heterocycles. The zero-order valence-electron chi connectivity index (χ0n) is 13.4. The Morgan fingerprint density at radius 2 is 1.96 bits per heavy atom. The number of aromatic amines is 1. The van der Waals surface area contributed by atoms with Gasteiger partial charge in [0.25, 0.3) is 5.56 Å². The number of aromatic nitrogens is 4. The summed E-state index contributed by atoms with van der Waals surface area (Å²) < 4.78 is 17.5. The van der Waals surface area contributed by atoms with E-state index in [0.717, 1.165) is 0 Å². The van der Waals surface area contributed by atoms with E-state index in [1.807, 2.05) is 0 Å². The molecule has 0 bridgehead atoms. The number of H-pyrrole nitrogens is 1. The molecule has 0 aromatic carbocycles. The molecule has 1 saturated heterocycles. The van der Waals surface area contributed by atoms with Gasteiger partial charge in [0.1, 0.15) is 6.10 Å². The Balaban J connectivity index is 2.05. The third-order valence-corrected chi connectivity index (χ3v) is 3.71. The van der Waals surface area contributed by atoms with Crippen molar-refractivity contribution in [1.82, 2.24) is 19.5 Å². The molecule has 3 rings (SSSR count). The van der Waals surface area contributed by atoms with Crippen molar-refractivity contribution in [2.45, 2.75) is 38.4 Å². The van der Waals surface area contributed by atoms with Crippen LogP contribution < -0.4 is 5.56 Å². The van der Waals surface area contributed by atoms with Crippen molar-refractivity contribution in [3.05, 3.63) is 23.0 Å². The second-order valence-corrected chi connectivity index (χ2v) is 5.45.